The van der Waals surface area contributed by atoms with Crippen LogP contribution in [0.15, 0.2) is 54.7 Å². The van der Waals surface area contributed by atoms with Crippen LogP contribution in [0.3, 0.4) is 0 Å². The summed E-state index contributed by atoms with van der Waals surface area (Å²) < 4.78 is 5.12. The maximum absolute atomic E-state index is 12.1. The van der Waals surface area contributed by atoms with Gasteiger partial charge in [0.2, 0.25) is 5.91 Å². The van der Waals surface area contributed by atoms with Crippen LogP contribution in [0.2, 0.25) is 0 Å². The van der Waals surface area contributed by atoms with E-state index in [0.29, 0.717) is 5.11 Å². The molecule has 7 heteroatoms. The molecule has 1 saturated heterocycles. The maximum Gasteiger partial charge on any atom is 0.274 e. The standard InChI is InChI=1S/C20H22N4O2S/c1-26-17-8-5-16(6-9-17)7-10-19(25)22-20(27)24-14-12-23(13-15-24)18-4-2-3-11-21-18/h2-11H,12-15H2,1H3,(H,22,25,27)/p+1/b10-7+. The monoisotopic (exact) mass is 383 g/mol. The van der Waals surface area contributed by atoms with Gasteiger partial charge in [-0.25, -0.2) is 4.98 Å². The summed E-state index contributed by atoms with van der Waals surface area (Å²) in [5, 5.41) is 3.25. The predicted molar refractivity (Wildman–Crippen MR) is 110 cm³/mol. The summed E-state index contributed by atoms with van der Waals surface area (Å²) >= 11 is 5.39. The molecule has 0 radical (unpaired) electrons. The number of rotatable bonds is 4. The molecule has 0 spiro atoms. The van der Waals surface area contributed by atoms with Crippen LogP contribution in [-0.2, 0) is 4.79 Å². The Bertz CT molecular complexity index is 800. The van der Waals surface area contributed by atoms with Gasteiger partial charge in [0, 0.05) is 12.1 Å². The van der Waals surface area contributed by atoms with E-state index in [1.54, 1.807) is 13.2 Å². The van der Waals surface area contributed by atoms with E-state index in [4.69, 9.17) is 17.0 Å². The van der Waals surface area contributed by atoms with Gasteiger partial charge in [-0.2, -0.15) is 0 Å². The number of benzene rings is 1. The second-order valence-corrected chi connectivity index (χ2v) is 6.51. The van der Waals surface area contributed by atoms with E-state index in [2.05, 4.69) is 21.3 Å². The van der Waals surface area contributed by atoms with Crippen molar-refractivity contribution in [2.45, 2.75) is 0 Å². The van der Waals surface area contributed by atoms with Crippen LogP contribution >= 0.6 is 12.2 Å². The zero-order valence-corrected chi connectivity index (χ0v) is 16.0. The molecule has 0 aliphatic carbocycles. The minimum atomic E-state index is -0.227. The van der Waals surface area contributed by atoms with Crippen molar-refractivity contribution in [2.24, 2.45) is 0 Å². The van der Waals surface area contributed by atoms with E-state index < -0.39 is 0 Å². The number of nitrogens with one attached hydrogen (secondary N) is 2. The third-order valence-electron chi connectivity index (χ3n) is 4.37. The molecule has 1 aromatic carbocycles. The van der Waals surface area contributed by atoms with Gasteiger partial charge >= 0.3 is 0 Å². The number of aromatic amines is 1. The number of amides is 1. The number of pyridine rings is 1. The largest absolute Gasteiger partial charge is 0.497 e. The number of methoxy groups -OCH3 is 1. The summed E-state index contributed by atoms with van der Waals surface area (Å²) in [6.07, 6.45) is 5.16. The Labute approximate surface area is 164 Å². The number of aromatic nitrogens is 1. The molecule has 140 valence electrons. The molecule has 0 saturated carbocycles. The number of thiocarbonyl (C=S) groups is 1. The van der Waals surface area contributed by atoms with E-state index in [1.807, 2.05) is 47.5 Å². The zero-order chi connectivity index (χ0) is 19.1. The molecule has 1 aliphatic heterocycles. The third kappa shape index (κ3) is 5.27. The van der Waals surface area contributed by atoms with Gasteiger partial charge in [0.15, 0.2) is 5.11 Å². The van der Waals surface area contributed by atoms with Crippen molar-refractivity contribution in [3.05, 3.63) is 60.3 Å². The second kappa shape index (κ2) is 9.14. The molecule has 0 atom stereocenters. The van der Waals surface area contributed by atoms with E-state index >= 15 is 0 Å². The fraction of sp³-hybridized carbons (Fsp3) is 0.250. The third-order valence-corrected chi connectivity index (χ3v) is 4.73. The number of H-pyrrole nitrogens is 1. The van der Waals surface area contributed by atoms with Gasteiger partial charge in [0.05, 0.1) is 26.4 Å². The van der Waals surface area contributed by atoms with Crippen molar-refractivity contribution < 1.29 is 14.5 Å². The van der Waals surface area contributed by atoms with E-state index in [9.17, 15) is 4.79 Å². The summed E-state index contributed by atoms with van der Waals surface area (Å²) in [4.78, 5) is 19.7. The van der Waals surface area contributed by atoms with Crippen LogP contribution in [0.4, 0.5) is 5.82 Å². The molecule has 2 heterocycles. The Morgan fingerprint density at radius 1 is 1.15 bits per heavy atom. The van der Waals surface area contributed by atoms with Gasteiger partial charge in [0.25, 0.3) is 5.82 Å². The van der Waals surface area contributed by atoms with Crippen molar-refractivity contribution in [1.29, 1.82) is 0 Å². The van der Waals surface area contributed by atoms with E-state index in [0.717, 1.165) is 43.3 Å². The highest BCUT2D eigenvalue weighted by Gasteiger charge is 2.24. The molecule has 1 amide bonds. The van der Waals surface area contributed by atoms with Gasteiger partial charge in [-0.3, -0.25) is 15.0 Å². The van der Waals surface area contributed by atoms with Gasteiger partial charge in [-0.15, -0.1) is 0 Å². The molecule has 3 rings (SSSR count). The van der Waals surface area contributed by atoms with Gasteiger partial charge in [-0.05, 0) is 42.1 Å². The van der Waals surface area contributed by atoms with Crippen LogP contribution in [0.5, 0.6) is 5.75 Å². The van der Waals surface area contributed by atoms with Crippen LogP contribution < -0.4 is 19.9 Å². The topological polar surface area (TPSA) is 59.0 Å². The Balaban J connectivity index is 1.47. The summed E-state index contributed by atoms with van der Waals surface area (Å²) in [5.74, 6) is 1.65. The van der Waals surface area contributed by atoms with Crippen LogP contribution in [0.1, 0.15) is 5.56 Å². The molecule has 2 aromatic rings. The zero-order valence-electron chi connectivity index (χ0n) is 15.2. The van der Waals surface area contributed by atoms with Crippen molar-refractivity contribution in [2.75, 3.05) is 38.2 Å². The molecule has 1 aromatic heterocycles. The first kappa shape index (κ1) is 18.8. The first-order chi connectivity index (χ1) is 13.2. The number of carbonyl (C=O) groups is 1. The maximum atomic E-state index is 12.1. The number of piperazine rings is 1. The van der Waals surface area contributed by atoms with Crippen molar-refractivity contribution in [3.8, 4) is 5.75 Å². The first-order valence-corrected chi connectivity index (χ1v) is 9.20. The molecular formula is C20H23N4O2S+. The number of nitrogens with zero attached hydrogens (tertiary/aromatic N) is 2. The van der Waals surface area contributed by atoms with Crippen LogP contribution in [-0.4, -0.2) is 49.2 Å². The smallest absolute Gasteiger partial charge is 0.274 e. The van der Waals surface area contributed by atoms with E-state index in [1.165, 1.54) is 6.08 Å². The lowest BCUT2D eigenvalue weighted by Crippen LogP contribution is -2.53. The quantitative estimate of drug-likeness (QED) is 0.644. The minimum Gasteiger partial charge on any atom is -0.497 e. The fourth-order valence-corrected chi connectivity index (χ4v) is 3.13. The van der Waals surface area contributed by atoms with Crippen LogP contribution in [0, 0.1) is 0 Å². The molecule has 0 unspecified atom stereocenters. The fourth-order valence-electron chi connectivity index (χ4n) is 2.84. The van der Waals surface area contributed by atoms with Crippen molar-refractivity contribution >= 4 is 35.1 Å². The lowest BCUT2D eigenvalue weighted by atomic mass is 10.2. The van der Waals surface area contributed by atoms with Crippen LogP contribution in [0.25, 0.3) is 6.08 Å². The molecular weight excluding hydrogens is 360 g/mol. The highest BCUT2D eigenvalue weighted by Crippen LogP contribution is 2.12. The Morgan fingerprint density at radius 3 is 2.52 bits per heavy atom. The average Bonchev–Trinajstić information content (AvgIpc) is 2.73. The highest BCUT2D eigenvalue weighted by molar-refractivity contribution is 7.80. The minimum absolute atomic E-state index is 0.227. The Hall–Kier alpha value is -2.93. The number of hydrogen-bond donors (Lipinski definition) is 1. The molecule has 1 fully saturated rings. The lowest BCUT2D eigenvalue weighted by molar-refractivity contribution is -0.364. The molecule has 27 heavy (non-hydrogen) atoms. The second-order valence-electron chi connectivity index (χ2n) is 6.12. The molecule has 6 nitrogen and oxygen atoms in total. The summed E-state index contributed by atoms with van der Waals surface area (Å²) in [7, 11) is 1.62. The number of hydrogen-bond acceptors (Lipinski definition) is 4. The number of ether oxygens (including phenoxy) is 1. The summed E-state index contributed by atoms with van der Waals surface area (Å²) in [6, 6.07) is 13.5. The molecule has 0 bridgehead atoms. The van der Waals surface area contributed by atoms with E-state index in [-0.39, 0.29) is 5.91 Å². The Morgan fingerprint density at radius 2 is 1.89 bits per heavy atom. The predicted octanol–water partition coefficient (Wildman–Crippen LogP) is 1.75. The normalized spacial score (nSPS) is 14.3. The summed E-state index contributed by atoms with van der Waals surface area (Å²) in [5.41, 5.74) is 0.921. The summed E-state index contributed by atoms with van der Waals surface area (Å²) in [6.45, 7) is 3.23. The first-order valence-electron chi connectivity index (χ1n) is 8.79. The van der Waals surface area contributed by atoms with Gasteiger partial charge < -0.3 is 9.64 Å². The average molecular weight is 383 g/mol. The SMILES string of the molecule is COc1ccc(/C=C/C(=O)NC(=S)N2CCN(c3cccc[nH+]3)CC2)cc1. The van der Waals surface area contributed by atoms with Gasteiger partial charge in [-0.1, -0.05) is 18.2 Å². The highest BCUT2D eigenvalue weighted by atomic mass is 32.1. The number of carbonyl (C=O) groups excluding carboxylic acids is 1. The lowest BCUT2D eigenvalue weighted by Gasteiger charge is -2.32. The number of anilines is 1. The Kier molecular flexibility index (Phi) is 6.38. The molecule has 2 N–H and O–H groups in total. The van der Waals surface area contributed by atoms with Gasteiger partial charge in [0.1, 0.15) is 18.8 Å². The van der Waals surface area contributed by atoms with Crippen molar-refractivity contribution in [3.63, 3.8) is 0 Å². The molecule has 1 aliphatic rings. The van der Waals surface area contributed by atoms with Crippen molar-refractivity contribution in [1.82, 2.24) is 10.2 Å².